The zero-order valence-electron chi connectivity index (χ0n) is 18.4. The van der Waals surface area contributed by atoms with E-state index in [1.54, 1.807) is 0 Å². The number of nitrogens with one attached hydrogen (secondary N) is 1. The van der Waals surface area contributed by atoms with Crippen LogP contribution in [0, 0.1) is 19.3 Å². The Morgan fingerprint density at radius 3 is 2.69 bits per heavy atom. The van der Waals surface area contributed by atoms with Gasteiger partial charge in [-0.3, -0.25) is 9.89 Å². The molecule has 3 aliphatic heterocycles. The Morgan fingerprint density at radius 1 is 1.14 bits per heavy atom. The highest BCUT2D eigenvalue weighted by Gasteiger charge is 2.42. The lowest BCUT2D eigenvalue weighted by Gasteiger charge is -2.37. The second kappa shape index (κ2) is 8.92. The number of benzene rings is 1. The predicted octanol–water partition coefficient (Wildman–Crippen LogP) is 2.11. The van der Waals surface area contributed by atoms with Gasteiger partial charge in [0.05, 0.1) is 6.61 Å². The Morgan fingerprint density at radius 2 is 1.97 bits per heavy atom. The summed E-state index contributed by atoms with van der Waals surface area (Å²) in [5, 5.41) is 3.60. The molecule has 0 amide bonds. The SMILES string of the molecule is CN=C(NCCN1CCN(c2cccc(C)c2C)CC1)N1CCC2(CCOC2)C1. The number of nitrogens with zero attached hydrogens (tertiary/aromatic N) is 4. The van der Waals surface area contributed by atoms with E-state index in [0.29, 0.717) is 5.41 Å². The number of rotatable bonds is 4. The molecule has 160 valence electrons. The average Bonchev–Trinajstić information content (AvgIpc) is 3.38. The summed E-state index contributed by atoms with van der Waals surface area (Å²) in [7, 11) is 1.90. The van der Waals surface area contributed by atoms with Crippen molar-refractivity contribution in [1.29, 1.82) is 0 Å². The van der Waals surface area contributed by atoms with Crippen molar-refractivity contribution in [2.24, 2.45) is 10.4 Å². The minimum absolute atomic E-state index is 0.377. The van der Waals surface area contributed by atoms with Crippen LogP contribution in [0.25, 0.3) is 0 Å². The van der Waals surface area contributed by atoms with Crippen molar-refractivity contribution in [2.45, 2.75) is 26.7 Å². The third-order valence-electron chi connectivity index (χ3n) is 7.13. The lowest BCUT2D eigenvalue weighted by molar-refractivity contribution is 0.156. The highest BCUT2D eigenvalue weighted by Crippen LogP contribution is 2.38. The van der Waals surface area contributed by atoms with Crippen molar-refractivity contribution in [3.63, 3.8) is 0 Å². The predicted molar refractivity (Wildman–Crippen MR) is 120 cm³/mol. The van der Waals surface area contributed by atoms with E-state index in [1.807, 2.05) is 7.05 Å². The minimum atomic E-state index is 0.377. The van der Waals surface area contributed by atoms with E-state index in [4.69, 9.17) is 4.74 Å². The van der Waals surface area contributed by atoms with Gasteiger partial charge in [0.2, 0.25) is 0 Å². The van der Waals surface area contributed by atoms with Crippen LogP contribution in [0.4, 0.5) is 5.69 Å². The summed E-state index contributed by atoms with van der Waals surface area (Å²) in [4.78, 5) is 12.1. The van der Waals surface area contributed by atoms with Gasteiger partial charge in [-0.05, 0) is 43.9 Å². The second-order valence-electron chi connectivity index (χ2n) is 9.00. The molecule has 1 spiro atoms. The fourth-order valence-corrected chi connectivity index (χ4v) is 5.04. The molecule has 29 heavy (non-hydrogen) atoms. The van der Waals surface area contributed by atoms with Gasteiger partial charge in [0.1, 0.15) is 0 Å². The summed E-state index contributed by atoms with van der Waals surface area (Å²) in [6.45, 7) is 15.0. The van der Waals surface area contributed by atoms with E-state index in [1.165, 1.54) is 29.7 Å². The largest absolute Gasteiger partial charge is 0.381 e. The molecule has 1 atom stereocenters. The van der Waals surface area contributed by atoms with Gasteiger partial charge in [-0.1, -0.05) is 12.1 Å². The lowest BCUT2D eigenvalue weighted by Crippen LogP contribution is -2.50. The fraction of sp³-hybridized carbons (Fsp3) is 0.696. The number of hydrogen-bond acceptors (Lipinski definition) is 4. The van der Waals surface area contributed by atoms with Gasteiger partial charge < -0.3 is 19.9 Å². The molecule has 1 aromatic rings. The quantitative estimate of drug-likeness (QED) is 0.621. The molecule has 1 unspecified atom stereocenters. The molecule has 6 heteroatoms. The molecule has 0 saturated carbocycles. The van der Waals surface area contributed by atoms with Crippen molar-refractivity contribution >= 4 is 11.6 Å². The Hall–Kier alpha value is -1.79. The standard InChI is InChI=1S/C23H37N5O/c1-19-5-4-6-21(20(19)2)27-14-12-26(13-15-27)11-9-25-22(24-3)28-10-7-23(17-28)8-16-29-18-23/h4-6H,7-18H2,1-3H3,(H,24,25). The maximum absolute atomic E-state index is 5.66. The molecular formula is C23H37N5O. The molecule has 0 aromatic heterocycles. The van der Waals surface area contributed by atoms with Crippen LogP contribution in [-0.2, 0) is 4.74 Å². The van der Waals surface area contributed by atoms with Crippen molar-refractivity contribution in [3.05, 3.63) is 29.3 Å². The Labute approximate surface area is 175 Å². The highest BCUT2D eigenvalue weighted by molar-refractivity contribution is 5.80. The van der Waals surface area contributed by atoms with E-state index in [0.717, 1.165) is 71.5 Å². The molecule has 1 N–H and O–H groups in total. The Balaban J connectivity index is 1.21. The highest BCUT2D eigenvalue weighted by atomic mass is 16.5. The summed E-state index contributed by atoms with van der Waals surface area (Å²) in [5.74, 6) is 1.06. The molecule has 0 radical (unpaired) electrons. The van der Waals surface area contributed by atoms with E-state index in [2.05, 4.69) is 57.1 Å². The van der Waals surface area contributed by atoms with Gasteiger partial charge >= 0.3 is 0 Å². The van der Waals surface area contributed by atoms with Gasteiger partial charge in [0.25, 0.3) is 0 Å². The third kappa shape index (κ3) is 4.53. The first-order valence-corrected chi connectivity index (χ1v) is 11.2. The summed E-state index contributed by atoms with van der Waals surface area (Å²) >= 11 is 0. The molecule has 3 saturated heterocycles. The monoisotopic (exact) mass is 399 g/mol. The Kier molecular flexibility index (Phi) is 6.30. The molecule has 3 heterocycles. The average molecular weight is 400 g/mol. The van der Waals surface area contributed by atoms with Crippen molar-refractivity contribution < 1.29 is 4.74 Å². The number of anilines is 1. The van der Waals surface area contributed by atoms with Gasteiger partial charge in [-0.2, -0.15) is 0 Å². The normalized spacial score (nSPS) is 26.0. The van der Waals surface area contributed by atoms with Gasteiger partial charge in [0.15, 0.2) is 5.96 Å². The number of aryl methyl sites for hydroxylation is 1. The van der Waals surface area contributed by atoms with Crippen LogP contribution in [-0.4, -0.2) is 88.4 Å². The summed E-state index contributed by atoms with van der Waals surface area (Å²) in [5.41, 5.74) is 4.58. The molecule has 6 nitrogen and oxygen atoms in total. The van der Waals surface area contributed by atoms with Gasteiger partial charge in [0, 0.05) is 77.1 Å². The van der Waals surface area contributed by atoms with Crippen LogP contribution >= 0.6 is 0 Å². The molecule has 0 aliphatic carbocycles. The maximum atomic E-state index is 5.66. The Bertz CT molecular complexity index is 720. The van der Waals surface area contributed by atoms with E-state index in [-0.39, 0.29) is 0 Å². The molecule has 3 fully saturated rings. The smallest absolute Gasteiger partial charge is 0.193 e. The molecule has 4 rings (SSSR count). The number of guanidine groups is 1. The van der Waals surface area contributed by atoms with Crippen LogP contribution in [0.5, 0.6) is 0 Å². The number of piperazine rings is 1. The van der Waals surface area contributed by atoms with Crippen LogP contribution < -0.4 is 10.2 Å². The van der Waals surface area contributed by atoms with Crippen molar-refractivity contribution in [1.82, 2.24) is 15.1 Å². The fourth-order valence-electron chi connectivity index (χ4n) is 5.04. The number of hydrogen-bond donors (Lipinski definition) is 1. The minimum Gasteiger partial charge on any atom is -0.381 e. The van der Waals surface area contributed by atoms with E-state index in [9.17, 15) is 0 Å². The zero-order chi connectivity index (χ0) is 20.3. The van der Waals surface area contributed by atoms with Crippen LogP contribution in [0.3, 0.4) is 0 Å². The second-order valence-corrected chi connectivity index (χ2v) is 9.00. The summed E-state index contributed by atoms with van der Waals surface area (Å²) < 4.78 is 5.66. The number of aliphatic imine (C=N–C) groups is 1. The molecule has 3 aliphatic rings. The maximum Gasteiger partial charge on any atom is 0.193 e. The van der Waals surface area contributed by atoms with Gasteiger partial charge in [-0.25, -0.2) is 0 Å². The van der Waals surface area contributed by atoms with Crippen molar-refractivity contribution in [3.8, 4) is 0 Å². The van der Waals surface area contributed by atoms with Crippen LogP contribution in [0.1, 0.15) is 24.0 Å². The van der Waals surface area contributed by atoms with Gasteiger partial charge in [-0.15, -0.1) is 0 Å². The zero-order valence-corrected chi connectivity index (χ0v) is 18.4. The van der Waals surface area contributed by atoms with Crippen LogP contribution in [0.2, 0.25) is 0 Å². The van der Waals surface area contributed by atoms with E-state index < -0.39 is 0 Å². The third-order valence-corrected chi connectivity index (χ3v) is 7.13. The first-order valence-electron chi connectivity index (χ1n) is 11.2. The first kappa shape index (κ1) is 20.5. The summed E-state index contributed by atoms with van der Waals surface area (Å²) in [6.07, 6.45) is 2.43. The topological polar surface area (TPSA) is 43.3 Å². The number of likely N-dealkylation sites (tertiary alicyclic amines) is 1. The molecule has 0 bridgehead atoms. The molecular weight excluding hydrogens is 362 g/mol. The number of ether oxygens (including phenoxy) is 1. The summed E-state index contributed by atoms with van der Waals surface area (Å²) in [6, 6.07) is 6.65. The van der Waals surface area contributed by atoms with Crippen LogP contribution in [0.15, 0.2) is 23.2 Å². The first-order chi connectivity index (χ1) is 14.1. The lowest BCUT2D eigenvalue weighted by atomic mass is 9.87. The molecule has 1 aromatic carbocycles. The van der Waals surface area contributed by atoms with E-state index >= 15 is 0 Å². The van der Waals surface area contributed by atoms with Crippen molar-refractivity contribution in [2.75, 3.05) is 77.5 Å².